The highest BCUT2D eigenvalue weighted by Gasteiger charge is 2.20. The summed E-state index contributed by atoms with van der Waals surface area (Å²) < 4.78 is 7.09. The van der Waals surface area contributed by atoms with E-state index < -0.39 is 0 Å². The van der Waals surface area contributed by atoms with Gasteiger partial charge in [0.1, 0.15) is 18.1 Å². The quantitative estimate of drug-likeness (QED) is 0.496. The van der Waals surface area contributed by atoms with Gasteiger partial charge in [-0.2, -0.15) is 0 Å². The van der Waals surface area contributed by atoms with Crippen molar-refractivity contribution in [2.45, 2.75) is 26.1 Å². The number of benzene rings is 2. The van der Waals surface area contributed by atoms with E-state index in [0.29, 0.717) is 23.7 Å². The summed E-state index contributed by atoms with van der Waals surface area (Å²) in [5.41, 5.74) is 2.18. The first-order chi connectivity index (χ1) is 14.6. The van der Waals surface area contributed by atoms with Gasteiger partial charge in [-0.1, -0.05) is 30.3 Å². The highest BCUT2D eigenvalue weighted by atomic mass is 16.3. The molecule has 7 heteroatoms. The molecule has 2 heterocycles. The van der Waals surface area contributed by atoms with E-state index in [4.69, 9.17) is 4.42 Å². The van der Waals surface area contributed by atoms with Gasteiger partial charge in [-0.15, -0.1) is 0 Å². The zero-order valence-electron chi connectivity index (χ0n) is 16.5. The first-order valence-corrected chi connectivity index (χ1v) is 9.72. The van der Waals surface area contributed by atoms with Crippen LogP contribution in [0.2, 0.25) is 0 Å². The van der Waals surface area contributed by atoms with Crippen LogP contribution in [0.15, 0.2) is 77.4 Å². The van der Waals surface area contributed by atoms with Crippen LogP contribution in [0.4, 0.5) is 0 Å². The van der Waals surface area contributed by atoms with E-state index in [1.807, 2.05) is 54.0 Å². The van der Waals surface area contributed by atoms with Crippen molar-refractivity contribution in [2.24, 2.45) is 0 Å². The Bertz CT molecular complexity index is 1150. The van der Waals surface area contributed by atoms with Crippen molar-refractivity contribution in [1.29, 1.82) is 0 Å². The van der Waals surface area contributed by atoms with Crippen molar-refractivity contribution in [1.82, 2.24) is 20.2 Å². The molecule has 152 valence electrons. The van der Waals surface area contributed by atoms with Crippen LogP contribution in [0.1, 0.15) is 34.9 Å². The third-order valence-corrected chi connectivity index (χ3v) is 4.80. The smallest absolute Gasteiger partial charge is 0.251 e. The van der Waals surface area contributed by atoms with Crippen molar-refractivity contribution < 1.29 is 14.0 Å². The molecule has 0 saturated carbocycles. The van der Waals surface area contributed by atoms with Crippen LogP contribution in [0.5, 0.6) is 0 Å². The lowest BCUT2D eigenvalue weighted by atomic mass is 10.2. The second-order valence-electron chi connectivity index (χ2n) is 6.96. The summed E-state index contributed by atoms with van der Waals surface area (Å²) in [7, 11) is 0. The van der Waals surface area contributed by atoms with E-state index in [1.54, 1.807) is 30.5 Å². The minimum absolute atomic E-state index is 0.0854. The lowest BCUT2D eigenvalue weighted by molar-refractivity contribution is -0.121. The number of amides is 2. The predicted molar refractivity (Wildman–Crippen MR) is 113 cm³/mol. The topological polar surface area (TPSA) is 89.2 Å². The van der Waals surface area contributed by atoms with Crippen molar-refractivity contribution in [3.8, 4) is 0 Å². The van der Waals surface area contributed by atoms with Gasteiger partial charge in [0.25, 0.3) is 5.91 Å². The third kappa shape index (κ3) is 4.25. The molecule has 0 aliphatic heterocycles. The molecular weight excluding hydrogens is 380 g/mol. The molecule has 4 rings (SSSR count). The molecule has 0 spiro atoms. The van der Waals surface area contributed by atoms with Crippen molar-refractivity contribution in [2.75, 3.05) is 0 Å². The first kappa shape index (κ1) is 19.4. The normalized spacial score (nSPS) is 11.9. The van der Waals surface area contributed by atoms with Crippen LogP contribution in [-0.4, -0.2) is 21.4 Å². The first-order valence-electron chi connectivity index (χ1n) is 9.72. The number of hydrogen-bond donors (Lipinski definition) is 2. The number of hydrogen-bond acceptors (Lipinski definition) is 4. The number of para-hydroxylation sites is 2. The lowest BCUT2D eigenvalue weighted by Gasteiger charge is -2.16. The summed E-state index contributed by atoms with van der Waals surface area (Å²) in [5, 5.41) is 5.82. The average Bonchev–Trinajstić information content (AvgIpc) is 3.41. The molecule has 0 saturated heterocycles. The minimum atomic E-state index is -0.386. The van der Waals surface area contributed by atoms with Gasteiger partial charge in [-0.05, 0) is 43.3 Å². The Morgan fingerprint density at radius 1 is 1.03 bits per heavy atom. The summed E-state index contributed by atoms with van der Waals surface area (Å²) in [4.78, 5) is 29.8. The molecule has 0 aliphatic carbocycles. The number of nitrogens with one attached hydrogen (secondary N) is 2. The fraction of sp³-hybridized carbons (Fsp3) is 0.174. The molecule has 1 unspecified atom stereocenters. The number of aromatic nitrogens is 2. The molecule has 2 N–H and O–H groups in total. The summed E-state index contributed by atoms with van der Waals surface area (Å²) in [6, 6.07) is 19.8. The molecule has 2 amide bonds. The number of rotatable bonds is 7. The van der Waals surface area contributed by atoms with E-state index in [1.165, 1.54) is 0 Å². The fourth-order valence-electron chi connectivity index (χ4n) is 3.32. The van der Waals surface area contributed by atoms with Gasteiger partial charge >= 0.3 is 0 Å². The Hall–Kier alpha value is -3.87. The molecule has 30 heavy (non-hydrogen) atoms. The van der Waals surface area contributed by atoms with Crippen LogP contribution in [0.25, 0.3) is 11.0 Å². The Morgan fingerprint density at radius 2 is 1.80 bits per heavy atom. The highest BCUT2D eigenvalue weighted by Crippen LogP contribution is 2.21. The molecule has 1 atom stereocenters. The van der Waals surface area contributed by atoms with Gasteiger partial charge in [-0.25, -0.2) is 4.98 Å². The van der Waals surface area contributed by atoms with E-state index in [2.05, 4.69) is 15.6 Å². The Morgan fingerprint density at radius 3 is 2.57 bits per heavy atom. The van der Waals surface area contributed by atoms with Crippen LogP contribution in [0, 0.1) is 0 Å². The van der Waals surface area contributed by atoms with E-state index in [-0.39, 0.29) is 24.4 Å². The number of furan rings is 1. The SMILES string of the molecule is CC(NC(=O)c1ccccc1)c1nc2ccccc2n1CC(=O)NCc1ccco1. The molecule has 2 aromatic heterocycles. The predicted octanol–water partition coefficient (Wildman–Crippen LogP) is 3.44. The maximum Gasteiger partial charge on any atom is 0.251 e. The van der Waals surface area contributed by atoms with Crippen LogP contribution in [0.3, 0.4) is 0 Å². The van der Waals surface area contributed by atoms with Gasteiger partial charge in [-0.3, -0.25) is 9.59 Å². The number of fused-ring (bicyclic) bond motifs is 1. The Kier molecular flexibility index (Phi) is 5.61. The summed E-state index contributed by atoms with van der Waals surface area (Å²) >= 11 is 0. The summed E-state index contributed by atoms with van der Waals surface area (Å²) in [6.07, 6.45) is 1.57. The number of imidazole rings is 1. The van der Waals surface area contributed by atoms with Gasteiger partial charge in [0.2, 0.25) is 5.91 Å². The molecule has 7 nitrogen and oxygen atoms in total. The molecular formula is C23H22N4O3. The molecule has 0 fully saturated rings. The van der Waals surface area contributed by atoms with Crippen molar-refractivity contribution >= 4 is 22.8 Å². The van der Waals surface area contributed by atoms with Crippen molar-refractivity contribution in [3.63, 3.8) is 0 Å². The van der Waals surface area contributed by atoms with Gasteiger partial charge in [0.15, 0.2) is 0 Å². The van der Waals surface area contributed by atoms with Gasteiger partial charge in [0.05, 0.1) is 29.9 Å². The minimum Gasteiger partial charge on any atom is -0.467 e. The third-order valence-electron chi connectivity index (χ3n) is 4.80. The highest BCUT2D eigenvalue weighted by molar-refractivity contribution is 5.94. The molecule has 0 bridgehead atoms. The largest absolute Gasteiger partial charge is 0.467 e. The molecule has 2 aromatic carbocycles. The standard InChI is InChI=1S/C23H22N4O3/c1-16(25-23(29)17-8-3-2-4-9-17)22-26-19-11-5-6-12-20(19)27(22)15-21(28)24-14-18-10-7-13-30-18/h2-13,16H,14-15H2,1H3,(H,24,28)(H,25,29). The number of nitrogens with zero attached hydrogens (tertiary/aromatic N) is 2. The zero-order valence-corrected chi connectivity index (χ0v) is 16.5. The van der Waals surface area contributed by atoms with E-state index >= 15 is 0 Å². The van der Waals surface area contributed by atoms with Crippen LogP contribution >= 0.6 is 0 Å². The average molecular weight is 402 g/mol. The second kappa shape index (κ2) is 8.65. The van der Waals surface area contributed by atoms with Crippen LogP contribution in [-0.2, 0) is 17.9 Å². The molecule has 4 aromatic rings. The maximum absolute atomic E-state index is 12.6. The molecule has 0 radical (unpaired) electrons. The zero-order chi connectivity index (χ0) is 20.9. The number of carbonyl (C=O) groups excluding carboxylic acids is 2. The second-order valence-corrected chi connectivity index (χ2v) is 6.96. The van der Waals surface area contributed by atoms with Gasteiger partial charge < -0.3 is 19.6 Å². The van der Waals surface area contributed by atoms with E-state index in [9.17, 15) is 9.59 Å². The molecule has 0 aliphatic rings. The Balaban J connectivity index is 1.55. The van der Waals surface area contributed by atoms with Gasteiger partial charge in [0, 0.05) is 5.56 Å². The Labute approximate surface area is 173 Å². The summed E-state index contributed by atoms with van der Waals surface area (Å²) in [5.74, 6) is 0.942. The van der Waals surface area contributed by atoms with Crippen molar-refractivity contribution in [3.05, 3.63) is 90.1 Å². The van der Waals surface area contributed by atoms with Crippen LogP contribution < -0.4 is 10.6 Å². The monoisotopic (exact) mass is 402 g/mol. The summed E-state index contributed by atoms with van der Waals surface area (Å²) in [6.45, 7) is 2.26. The fourth-order valence-corrected chi connectivity index (χ4v) is 3.32. The maximum atomic E-state index is 12.6. The van der Waals surface area contributed by atoms with E-state index in [0.717, 1.165) is 11.0 Å². The number of carbonyl (C=O) groups is 2. The lowest BCUT2D eigenvalue weighted by Crippen LogP contribution is -2.31.